The zero-order chi connectivity index (χ0) is 43.0. The van der Waals surface area contributed by atoms with Crippen LogP contribution in [0.25, 0.3) is 0 Å². The number of ether oxygens (including phenoxy) is 2. The van der Waals surface area contributed by atoms with E-state index in [0.717, 1.165) is 16.7 Å². The number of guanidine groups is 1. The standard InChI is InChI=1S/C43H55N9O8/c1-27(2)36(40(56)48-32(23-28-13-6-3-7-14-28)37(53)47-24-29-15-8-4-9-16-29)51-39(55)35-21-20-34-33(26-60-43(58)52(34)35)49-38(54)31(19-12-22-46-41(44)45)50-42(57)59-25-30-17-10-5-11-18-30/h3-11,13-18,27,31-36H,12,19-26H2,1-2H3,(H,47,53)(H,48,56)(H,49,54)(H,50,57)(H,51,55)(H4,44,45,46)/t31-,32?,33+,34-,35-,36-/m0/s1. The van der Waals surface area contributed by atoms with E-state index in [1.807, 2.05) is 78.9 Å². The van der Waals surface area contributed by atoms with Crippen molar-refractivity contribution in [2.45, 2.75) is 95.4 Å². The van der Waals surface area contributed by atoms with Crippen LogP contribution in [-0.2, 0) is 48.2 Å². The van der Waals surface area contributed by atoms with Crippen molar-refractivity contribution in [1.82, 2.24) is 31.5 Å². The van der Waals surface area contributed by atoms with Gasteiger partial charge in [-0.2, -0.15) is 0 Å². The van der Waals surface area contributed by atoms with Gasteiger partial charge in [-0.3, -0.25) is 29.1 Å². The van der Waals surface area contributed by atoms with E-state index in [-0.39, 0.29) is 57.4 Å². The zero-order valence-electron chi connectivity index (χ0n) is 33.9. The lowest BCUT2D eigenvalue weighted by atomic mass is 10.00. The van der Waals surface area contributed by atoms with Crippen molar-refractivity contribution in [2.24, 2.45) is 22.4 Å². The molecule has 9 N–H and O–H groups in total. The van der Waals surface area contributed by atoms with Gasteiger partial charge in [0, 0.05) is 19.5 Å². The maximum atomic E-state index is 14.0. The Morgan fingerprint density at radius 1 is 0.800 bits per heavy atom. The number of rotatable bonds is 19. The van der Waals surface area contributed by atoms with E-state index in [2.05, 4.69) is 31.6 Å². The van der Waals surface area contributed by atoms with Crippen molar-refractivity contribution >= 4 is 41.8 Å². The molecule has 17 heteroatoms. The van der Waals surface area contributed by atoms with Gasteiger partial charge in [-0.1, -0.05) is 105 Å². The zero-order valence-corrected chi connectivity index (χ0v) is 33.9. The monoisotopic (exact) mass is 825 g/mol. The smallest absolute Gasteiger partial charge is 0.410 e. The number of cyclic esters (lactones) is 1. The first-order valence-electron chi connectivity index (χ1n) is 20.1. The number of alkyl carbamates (subject to hydrolysis) is 1. The largest absolute Gasteiger partial charge is 0.447 e. The highest BCUT2D eigenvalue weighted by Gasteiger charge is 2.49. The summed E-state index contributed by atoms with van der Waals surface area (Å²) in [6.45, 7) is 3.84. The number of aliphatic imine (C=N–C) groups is 1. The molecular weight excluding hydrogens is 771 g/mol. The van der Waals surface area contributed by atoms with E-state index in [0.29, 0.717) is 12.8 Å². The second-order valence-corrected chi connectivity index (χ2v) is 15.2. The van der Waals surface area contributed by atoms with Crippen molar-refractivity contribution in [1.29, 1.82) is 0 Å². The molecule has 320 valence electrons. The summed E-state index contributed by atoms with van der Waals surface area (Å²) in [6.07, 6.45) is -0.240. The van der Waals surface area contributed by atoms with Crippen LogP contribution in [0.3, 0.4) is 0 Å². The van der Waals surface area contributed by atoms with Gasteiger partial charge in [0.05, 0.1) is 12.1 Å². The van der Waals surface area contributed by atoms with Crippen LogP contribution in [-0.4, -0.2) is 96.1 Å². The predicted octanol–water partition coefficient (Wildman–Crippen LogP) is 1.99. The number of nitrogens with two attached hydrogens (primary N) is 2. The summed E-state index contributed by atoms with van der Waals surface area (Å²) in [5, 5.41) is 14.1. The Balaban J connectivity index is 1.22. The first kappa shape index (κ1) is 44.5. The van der Waals surface area contributed by atoms with E-state index < -0.39 is 72.1 Å². The van der Waals surface area contributed by atoms with Crippen LogP contribution >= 0.6 is 0 Å². The number of carbonyl (C=O) groups is 6. The van der Waals surface area contributed by atoms with Crippen molar-refractivity contribution in [3.63, 3.8) is 0 Å². The Kier molecular flexibility index (Phi) is 16.2. The molecular formula is C43H55N9O8. The van der Waals surface area contributed by atoms with Crippen LogP contribution in [0.1, 0.15) is 56.2 Å². The van der Waals surface area contributed by atoms with Gasteiger partial charge >= 0.3 is 12.2 Å². The molecule has 1 unspecified atom stereocenters. The molecule has 2 aliphatic rings. The molecule has 0 aliphatic carbocycles. The summed E-state index contributed by atoms with van der Waals surface area (Å²) in [4.78, 5) is 86.3. The van der Waals surface area contributed by atoms with Gasteiger partial charge in [0.2, 0.25) is 23.6 Å². The quantitative estimate of drug-likeness (QED) is 0.0526. The molecule has 2 fully saturated rings. The molecule has 17 nitrogen and oxygen atoms in total. The Morgan fingerprint density at radius 3 is 2.07 bits per heavy atom. The minimum Gasteiger partial charge on any atom is -0.447 e. The van der Waals surface area contributed by atoms with Gasteiger partial charge in [0.25, 0.3) is 0 Å². The molecule has 0 aromatic heterocycles. The normalized spacial score (nSPS) is 18.4. The topological polar surface area (TPSA) is 249 Å². The van der Waals surface area contributed by atoms with Gasteiger partial charge in [-0.25, -0.2) is 9.59 Å². The van der Waals surface area contributed by atoms with Crippen molar-refractivity contribution in [3.8, 4) is 0 Å². The van der Waals surface area contributed by atoms with Crippen LogP contribution < -0.4 is 38.1 Å². The third-order valence-electron chi connectivity index (χ3n) is 10.4. The molecule has 0 spiro atoms. The van der Waals surface area contributed by atoms with Crippen molar-refractivity contribution in [2.75, 3.05) is 13.2 Å². The third kappa shape index (κ3) is 12.9. The summed E-state index contributed by atoms with van der Waals surface area (Å²) in [5.41, 5.74) is 13.4. The number of benzene rings is 3. The van der Waals surface area contributed by atoms with E-state index >= 15 is 0 Å². The number of carbonyl (C=O) groups excluding carboxylic acids is 6. The summed E-state index contributed by atoms with van der Waals surface area (Å²) < 4.78 is 10.8. The van der Waals surface area contributed by atoms with Crippen LogP contribution in [0.15, 0.2) is 96.0 Å². The molecule has 2 aliphatic heterocycles. The van der Waals surface area contributed by atoms with Gasteiger partial charge in [-0.05, 0) is 48.3 Å². The van der Waals surface area contributed by atoms with Gasteiger partial charge in [0.15, 0.2) is 5.96 Å². The lowest BCUT2D eigenvalue weighted by Gasteiger charge is -2.39. The number of hydrogen-bond acceptors (Lipinski definition) is 9. The molecule has 6 atom stereocenters. The third-order valence-corrected chi connectivity index (χ3v) is 10.4. The average Bonchev–Trinajstić information content (AvgIpc) is 3.70. The molecule has 60 heavy (non-hydrogen) atoms. The number of fused-ring (bicyclic) bond motifs is 1. The first-order chi connectivity index (χ1) is 28.9. The van der Waals surface area contributed by atoms with Crippen LogP contribution in [0.5, 0.6) is 0 Å². The van der Waals surface area contributed by atoms with Gasteiger partial charge in [-0.15, -0.1) is 0 Å². The Morgan fingerprint density at radius 2 is 1.43 bits per heavy atom. The number of amides is 6. The molecule has 5 rings (SSSR count). The molecule has 0 radical (unpaired) electrons. The highest BCUT2D eigenvalue weighted by molar-refractivity contribution is 5.94. The molecule has 3 aromatic carbocycles. The second kappa shape index (κ2) is 21.9. The summed E-state index contributed by atoms with van der Waals surface area (Å²) in [5.74, 6) is -2.58. The molecule has 0 saturated carbocycles. The minimum absolute atomic E-state index is 0.00818. The second-order valence-electron chi connectivity index (χ2n) is 15.2. The summed E-state index contributed by atoms with van der Waals surface area (Å²) in [7, 11) is 0. The molecule has 2 saturated heterocycles. The number of nitrogens with zero attached hydrogens (tertiary/aromatic N) is 2. The lowest BCUT2D eigenvalue weighted by molar-refractivity contribution is -0.134. The first-order valence-corrected chi connectivity index (χ1v) is 20.1. The summed E-state index contributed by atoms with van der Waals surface area (Å²) >= 11 is 0. The highest BCUT2D eigenvalue weighted by atomic mass is 16.6. The number of hydrogen-bond donors (Lipinski definition) is 7. The fourth-order valence-electron chi connectivity index (χ4n) is 7.21. The highest BCUT2D eigenvalue weighted by Crippen LogP contribution is 2.31. The fourth-order valence-corrected chi connectivity index (χ4v) is 7.21. The SMILES string of the molecule is CC(C)[C@H](NC(=O)[C@@H]1CC[C@H]2[C@H](NC(=O)[C@H](CCCN=C(N)N)NC(=O)OCc3ccccc3)COC(=O)N12)C(=O)NC(Cc1ccccc1)C(=O)NCc1ccccc1. The van der Waals surface area contributed by atoms with Crippen molar-refractivity contribution < 1.29 is 38.2 Å². The Bertz CT molecular complexity index is 1950. The van der Waals surface area contributed by atoms with Gasteiger partial charge in [0.1, 0.15) is 37.4 Å². The average molecular weight is 826 g/mol. The molecule has 6 amide bonds. The molecule has 3 aromatic rings. The number of nitrogens with one attached hydrogen (secondary N) is 5. The van der Waals surface area contributed by atoms with Crippen LogP contribution in [0.2, 0.25) is 0 Å². The van der Waals surface area contributed by atoms with E-state index in [9.17, 15) is 28.8 Å². The van der Waals surface area contributed by atoms with E-state index in [4.69, 9.17) is 20.9 Å². The van der Waals surface area contributed by atoms with Gasteiger partial charge < -0.3 is 47.5 Å². The molecule has 2 heterocycles. The van der Waals surface area contributed by atoms with Crippen LogP contribution in [0.4, 0.5) is 9.59 Å². The predicted molar refractivity (Wildman–Crippen MR) is 223 cm³/mol. The maximum Gasteiger partial charge on any atom is 0.410 e. The molecule has 0 bridgehead atoms. The van der Waals surface area contributed by atoms with E-state index in [1.165, 1.54) is 4.90 Å². The minimum atomic E-state index is -1.06. The van der Waals surface area contributed by atoms with E-state index in [1.54, 1.807) is 26.0 Å². The van der Waals surface area contributed by atoms with Crippen molar-refractivity contribution in [3.05, 3.63) is 108 Å². The maximum absolute atomic E-state index is 14.0. The lowest BCUT2D eigenvalue weighted by Crippen LogP contribution is -2.63. The Hall–Kier alpha value is -6.65. The fraction of sp³-hybridized carbons (Fsp3) is 0.419. The van der Waals surface area contributed by atoms with Crippen LogP contribution in [0, 0.1) is 5.92 Å². The Labute approximate surface area is 349 Å². The summed E-state index contributed by atoms with van der Waals surface area (Å²) in [6, 6.07) is 22.3.